The molecule has 1 rings (SSSR count). The minimum absolute atomic E-state index is 0.481. The van der Waals surface area contributed by atoms with Gasteiger partial charge in [-0.15, -0.1) is 0 Å². The molecule has 0 aliphatic carbocycles. The monoisotopic (exact) mass is 135 g/mol. The predicted octanol–water partition coefficient (Wildman–Crippen LogP) is 0.910. The van der Waals surface area contributed by atoms with E-state index < -0.39 is 0 Å². The number of nitrogen functional groups attached to an aromatic ring is 1. The normalized spacial score (nSPS) is 9.80. The van der Waals surface area contributed by atoms with Crippen molar-refractivity contribution in [1.29, 1.82) is 0 Å². The van der Waals surface area contributed by atoms with Crippen molar-refractivity contribution < 1.29 is 0 Å². The Morgan fingerprint density at radius 3 is 2.60 bits per heavy atom. The molecule has 0 aromatic heterocycles. The molecule has 0 aliphatic rings. The van der Waals surface area contributed by atoms with Crippen molar-refractivity contribution in [2.24, 2.45) is 5.73 Å². The van der Waals surface area contributed by atoms with E-state index in [1.165, 1.54) is 0 Å². The van der Waals surface area contributed by atoms with Gasteiger partial charge in [-0.1, -0.05) is 12.1 Å². The van der Waals surface area contributed by atoms with E-state index >= 15 is 0 Å². The minimum Gasteiger partial charge on any atom is -0.398 e. The van der Waals surface area contributed by atoms with Crippen LogP contribution in [0.3, 0.4) is 0 Å². The second-order valence-electron chi connectivity index (χ2n) is 2.24. The second kappa shape index (κ2) is 2.71. The number of hydrogen-bond acceptors (Lipinski definition) is 2. The quantitative estimate of drug-likeness (QED) is 0.562. The largest absolute Gasteiger partial charge is 0.398 e. The van der Waals surface area contributed by atoms with Gasteiger partial charge in [-0.3, -0.25) is 0 Å². The SMILES string of the molecule is [CH2]c1ccc(N)c(CN)c1. The molecule has 2 nitrogen and oxygen atoms in total. The Balaban J connectivity index is 3.09. The van der Waals surface area contributed by atoms with Gasteiger partial charge in [0.25, 0.3) is 0 Å². The van der Waals surface area contributed by atoms with E-state index in [1.807, 2.05) is 18.2 Å². The summed E-state index contributed by atoms with van der Waals surface area (Å²) in [4.78, 5) is 0. The summed E-state index contributed by atoms with van der Waals surface area (Å²) in [6.07, 6.45) is 0. The third-order valence-corrected chi connectivity index (χ3v) is 1.43. The Labute approximate surface area is 60.8 Å². The molecule has 0 amide bonds. The summed E-state index contributed by atoms with van der Waals surface area (Å²) in [5.74, 6) is 0. The zero-order chi connectivity index (χ0) is 7.56. The summed E-state index contributed by atoms with van der Waals surface area (Å²) in [5.41, 5.74) is 13.7. The van der Waals surface area contributed by atoms with Gasteiger partial charge in [0.2, 0.25) is 0 Å². The Hall–Kier alpha value is -1.02. The maximum atomic E-state index is 5.59. The smallest absolute Gasteiger partial charge is 0.0359 e. The standard InChI is InChI=1S/C8H11N2/c1-6-2-3-8(10)7(4-6)5-9/h2-4H,1,5,9-10H2. The third kappa shape index (κ3) is 1.28. The fourth-order valence-electron chi connectivity index (χ4n) is 0.836. The number of nitrogens with two attached hydrogens (primary N) is 2. The predicted molar refractivity (Wildman–Crippen MR) is 43.2 cm³/mol. The third-order valence-electron chi connectivity index (χ3n) is 1.43. The molecule has 1 aromatic rings. The summed E-state index contributed by atoms with van der Waals surface area (Å²) < 4.78 is 0. The lowest BCUT2D eigenvalue weighted by molar-refractivity contribution is 1.07. The van der Waals surface area contributed by atoms with Crippen LogP contribution in [0.15, 0.2) is 18.2 Å². The molecule has 0 aliphatic heterocycles. The Morgan fingerprint density at radius 1 is 1.40 bits per heavy atom. The molecule has 0 unspecified atom stereocenters. The zero-order valence-corrected chi connectivity index (χ0v) is 5.80. The van der Waals surface area contributed by atoms with Gasteiger partial charge < -0.3 is 11.5 Å². The molecule has 0 bridgehead atoms. The van der Waals surface area contributed by atoms with E-state index in [0.29, 0.717) is 6.54 Å². The van der Waals surface area contributed by atoms with E-state index in [4.69, 9.17) is 11.5 Å². The van der Waals surface area contributed by atoms with Crippen LogP contribution in [-0.4, -0.2) is 0 Å². The van der Waals surface area contributed by atoms with Crippen molar-refractivity contribution in [1.82, 2.24) is 0 Å². The lowest BCUT2D eigenvalue weighted by Gasteiger charge is -2.02. The highest BCUT2D eigenvalue weighted by molar-refractivity contribution is 5.48. The first kappa shape index (κ1) is 7.09. The Morgan fingerprint density at radius 2 is 2.10 bits per heavy atom. The van der Waals surface area contributed by atoms with E-state index in [-0.39, 0.29) is 0 Å². The topological polar surface area (TPSA) is 52.0 Å². The molecule has 1 aromatic carbocycles. The van der Waals surface area contributed by atoms with Gasteiger partial charge in [0.15, 0.2) is 0 Å². The van der Waals surface area contributed by atoms with E-state index in [1.54, 1.807) is 0 Å². The molecule has 0 saturated heterocycles. The fraction of sp³-hybridized carbons (Fsp3) is 0.125. The molecule has 2 heteroatoms. The number of anilines is 1. The van der Waals surface area contributed by atoms with Crippen molar-refractivity contribution in [2.75, 3.05) is 5.73 Å². The van der Waals surface area contributed by atoms with Crippen LogP contribution >= 0.6 is 0 Å². The average Bonchev–Trinajstić information content (AvgIpc) is 1.94. The maximum Gasteiger partial charge on any atom is 0.0359 e. The van der Waals surface area contributed by atoms with Crippen LogP contribution in [0.1, 0.15) is 11.1 Å². The van der Waals surface area contributed by atoms with Gasteiger partial charge in [0.05, 0.1) is 0 Å². The lowest BCUT2D eigenvalue weighted by atomic mass is 10.1. The van der Waals surface area contributed by atoms with Crippen molar-refractivity contribution in [3.8, 4) is 0 Å². The van der Waals surface area contributed by atoms with E-state index in [9.17, 15) is 0 Å². The first-order valence-electron chi connectivity index (χ1n) is 3.14. The molecular formula is C8H11N2. The summed E-state index contributed by atoms with van der Waals surface area (Å²) >= 11 is 0. The van der Waals surface area contributed by atoms with Gasteiger partial charge in [0, 0.05) is 12.2 Å². The summed E-state index contributed by atoms with van der Waals surface area (Å²) in [7, 11) is 0. The molecule has 0 fully saturated rings. The molecular weight excluding hydrogens is 124 g/mol. The molecule has 53 valence electrons. The Kier molecular flexibility index (Phi) is 1.92. The maximum absolute atomic E-state index is 5.59. The summed E-state index contributed by atoms with van der Waals surface area (Å²) in [5, 5.41) is 0. The van der Waals surface area contributed by atoms with Crippen LogP contribution in [0.2, 0.25) is 0 Å². The Bertz CT molecular complexity index is 231. The van der Waals surface area contributed by atoms with Crippen molar-refractivity contribution in [3.05, 3.63) is 36.2 Å². The van der Waals surface area contributed by atoms with Crippen molar-refractivity contribution >= 4 is 5.69 Å². The van der Waals surface area contributed by atoms with Gasteiger partial charge in [0.1, 0.15) is 0 Å². The van der Waals surface area contributed by atoms with Gasteiger partial charge in [-0.25, -0.2) is 0 Å². The molecule has 4 N–H and O–H groups in total. The zero-order valence-electron chi connectivity index (χ0n) is 5.80. The van der Waals surface area contributed by atoms with Gasteiger partial charge in [-0.2, -0.15) is 0 Å². The number of rotatable bonds is 1. The highest BCUT2D eigenvalue weighted by atomic mass is 14.6. The molecule has 0 atom stereocenters. The summed E-state index contributed by atoms with van der Waals surface area (Å²) in [6, 6.07) is 5.59. The number of benzene rings is 1. The van der Waals surface area contributed by atoms with Crippen molar-refractivity contribution in [2.45, 2.75) is 6.54 Å². The van der Waals surface area contributed by atoms with Crippen LogP contribution < -0.4 is 11.5 Å². The van der Waals surface area contributed by atoms with E-state index in [0.717, 1.165) is 16.8 Å². The molecule has 10 heavy (non-hydrogen) atoms. The molecule has 0 spiro atoms. The lowest BCUT2D eigenvalue weighted by Crippen LogP contribution is -2.01. The van der Waals surface area contributed by atoms with E-state index in [2.05, 4.69) is 6.92 Å². The first-order valence-corrected chi connectivity index (χ1v) is 3.14. The van der Waals surface area contributed by atoms with Crippen LogP contribution in [0.5, 0.6) is 0 Å². The highest BCUT2D eigenvalue weighted by Gasteiger charge is 1.94. The highest BCUT2D eigenvalue weighted by Crippen LogP contribution is 2.11. The van der Waals surface area contributed by atoms with Crippen molar-refractivity contribution in [3.63, 3.8) is 0 Å². The molecule has 0 saturated carbocycles. The fourth-order valence-corrected chi connectivity index (χ4v) is 0.836. The van der Waals surface area contributed by atoms with Crippen LogP contribution in [-0.2, 0) is 6.54 Å². The van der Waals surface area contributed by atoms with Crippen LogP contribution in [0.25, 0.3) is 0 Å². The average molecular weight is 135 g/mol. The number of hydrogen-bond donors (Lipinski definition) is 2. The molecule has 0 heterocycles. The summed E-state index contributed by atoms with van der Waals surface area (Å²) in [6.45, 7) is 4.24. The second-order valence-corrected chi connectivity index (χ2v) is 2.24. The molecule has 1 radical (unpaired) electrons. The van der Waals surface area contributed by atoms with Gasteiger partial charge >= 0.3 is 0 Å². The van der Waals surface area contributed by atoms with Gasteiger partial charge in [-0.05, 0) is 24.1 Å². The van der Waals surface area contributed by atoms with Crippen LogP contribution in [0.4, 0.5) is 5.69 Å². The minimum atomic E-state index is 0.481. The van der Waals surface area contributed by atoms with Crippen LogP contribution in [0, 0.1) is 6.92 Å². The first-order chi connectivity index (χ1) is 4.74.